The summed E-state index contributed by atoms with van der Waals surface area (Å²) >= 11 is 0. The molecule has 3 amide bonds. The van der Waals surface area contributed by atoms with Crippen LogP contribution >= 0.6 is 0 Å². The Kier molecular flexibility index (Phi) is 2.85. The van der Waals surface area contributed by atoms with Gasteiger partial charge in [0, 0.05) is 12.1 Å². The summed E-state index contributed by atoms with van der Waals surface area (Å²) in [6, 6.07) is 5.01. The van der Waals surface area contributed by atoms with Gasteiger partial charge in [-0.2, -0.15) is 0 Å². The van der Waals surface area contributed by atoms with Crippen LogP contribution in [0.5, 0.6) is 0 Å². The van der Waals surface area contributed by atoms with E-state index in [-0.39, 0.29) is 24.1 Å². The number of nitrogens with zero attached hydrogens (tertiary/aromatic N) is 1. The molecule has 0 aliphatic carbocycles. The molecule has 5 nitrogen and oxygen atoms in total. The molecule has 1 aromatic rings. The van der Waals surface area contributed by atoms with Crippen molar-refractivity contribution < 1.29 is 14.4 Å². The molecule has 1 fully saturated rings. The van der Waals surface area contributed by atoms with Gasteiger partial charge in [0.25, 0.3) is 5.91 Å². The highest BCUT2D eigenvalue weighted by Gasteiger charge is 2.42. The average Bonchev–Trinajstić information content (AvgIpc) is 2.89. The van der Waals surface area contributed by atoms with Crippen LogP contribution in [0.4, 0.5) is 0 Å². The minimum absolute atomic E-state index is 0.0651. The Morgan fingerprint density at radius 3 is 2.60 bits per heavy atom. The van der Waals surface area contributed by atoms with E-state index < -0.39 is 6.04 Å². The molecule has 104 valence electrons. The van der Waals surface area contributed by atoms with Crippen LogP contribution in [-0.4, -0.2) is 28.7 Å². The molecule has 5 heteroatoms. The Morgan fingerprint density at radius 2 is 2.00 bits per heavy atom. The summed E-state index contributed by atoms with van der Waals surface area (Å²) in [4.78, 5) is 37.0. The van der Waals surface area contributed by atoms with E-state index >= 15 is 0 Å². The molecule has 3 rings (SSSR count). The highest BCUT2D eigenvalue weighted by atomic mass is 16.2. The maximum Gasteiger partial charge on any atom is 0.255 e. The Hall–Kier alpha value is -2.17. The van der Waals surface area contributed by atoms with Crippen LogP contribution < -0.4 is 5.32 Å². The maximum absolute atomic E-state index is 12.4. The van der Waals surface area contributed by atoms with Crippen LogP contribution in [0.15, 0.2) is 18.2 Å². The number of hydrogen-bond acceptors (Lipinski definition) is 3. The Labute approximate surface area is 116 Å². The van der Waals surface area contributed by atoms with Gasteiger partial charge < -0.3 is 4.90 Å². The number of rotatable bonds is 2. The molecular weight excluding hydrogens is 256 g/mol. The van der Waals surface area contributed by atoms with Crippen molar-refractivity contribution >= 4 is 17.7 Å². The van der Waals surface area contributed by atoms with E-state index in [1.54, 1.807) is 6.07 Å². The smallest absolute Gasteiger partial charge is 0.255 e. The van der Waals surface area contributed by atoms with Gasteiger partial charge in [-0.1, -0.05) is 26.0 Å². The first kappa shape index (κ1) is 12.8. The zero-order chi connectivity index (χ0) is 14.4. The van der Waals surface area contributed by atoms with Gasteiger partial charge >= 0.3 is 0 Å². The van der Waals surface area contributed by atoms with Gasteiger partial charge in [0.15, 0.2) is 0 Å². The molecule has 1 atom stereocenters. The number of amides is 3. The molecular formula is C15H16N2O3. The lowest BCUT2D eigenvalue weighted by molar-refractivity contribution is -0.126. The highest BCUT2D eigenvalue weighted by Crippen LogP contribution is 2.32. The molecule has 20 heavy (non-hydrogen) atoms. The first-order chi connectivity index (χ1) is 9.49. The Bertz CT molecular complexity index is 622. The number of carbonyl (C=O) groups excluding carboxylic acids is 3. The first-order valence-electron chi connectivity index (χ1n) is 6.75. The van der Waals surface area contributed by atoms with E-state index in [1.807, 2.05) is 12.1 Å². The second-order valence-electron chi connectivity index (χ2n) is 5.59. The lowest BCUT2D eigenvalue weighted by atomic mass is 9.95. The van der Waals surface area contributed by atoms with E-state index in [0.29, 0.717) is 18.0 Å². The van der Waals surface area contributed by atoms with Gasteiger partial charge in [0.2, 0.25) is 11.8 Å². The summed E-state index contributed by atoms with van der Waals surface area (Å²) in [6.45, 7) is 4.57. The topological polar surface area (TPSA) is 66.5 Å². The fourth-order valence-corrected chi connectivity index (χ4v) is 2.96. The van der Waals surface area contributed by atoms with Crippen molar-refractivity contribution in [3.05, 3.63) is 34.9 Å². The molecule has 1 aromatic carbocycles. The monoisotopic (exact) mass is 272 g/mol. The van der Waals surface area contributed by atoms with E-state index in [1.165, 1.54) is 4.90 Å². The predicted octanol–water partition coefficient (Wildman–Crippen LogP) is 1.18. The van der Waals surface area contributed by atoms with E-state index in [2.05, 4.69) is 19.2 Å². The van der Waals surface area contributed by atoms with Crippen LogP contribution in [0.3, 0.4) is 0 Å². The number of nitrogens with one attached hydrogen (secondary N) is 1. The quantitative estimate of drug-likeness (QED) is 0.822. The van der Waals surface area contributed by atoms with E-state index in [9.17, 15) is 14.4 Å². The van der Waals surface area contributed by atoms with Gasteiger partial charge in [0.05, 0.1) is 6.42 Å². The van der Waals surface area contributed by atoms with Gasteiger partial charge in [0.1, 0.15) is 6.04 Å². The average molecular weight is 272 g/mol. The number of imide groups is 1. The van der Waals surface area contributed by atoms with Crippen molar-refractivity contribution in [2.45, 2.75) is 38.8 Å². The first-order valence-corrected chi connectivity index (χ1v) is 6.75. The molecule has 2 heterocycles. The van der Waals surface area contributed by atoms with Crippen LogP contribution in [0.25, 0.3) is 0 Å². The van der Waals surface area contributed by atoms with E-state index in [4.69, 9.17) is 0 Å². The predicted molar refractivity (Wildman–Crippen MR) is 72.0 cm³/mol. The number of benzene rings is 1. The zero-order valence-electron chi connectivity index (χ0n) is 11.5. The molecule has 1 saturated heterocycles. The number of hydrogen-bond donors (Lipinski definition) is 1. The van der Waals surface area contributed by atoms with E-state index in [0.717, 1.165) is 11.1 Å². The minimum atomic E-state index is -0.664. The summed E-state index contributed by atoms with van der Waals surface area (Å²) in [7, 11) is 0. The van der Waals surface area contributed by atoms with Gasteiger partial charge in [-0.15, -0.1) is 0 Å². The molecule has 2 aliphatic heterocycles. The SMILES string of the molecule is CC(C)c1cccc2c1CN(C1CC(=O)NC1=O)C2=O. The van der Waals surface area contributed by atoms with Crippen LogP contribution in [0.2, 0.25) is 0 Å². The molecule has 1 unspecified atom stereocenters. The second kappa shape index (κ2) is 4.44. The maximum atomic E-state index is 12.4. The third-order valence-corrected chi connectivity index (χ3v) is 3.97. The van der Waals surface area contributed by atoms with Gasteiger partial charge in [-0.05, 0) is 23.1 Å². The number of carbonyl (C=O) groups is 3. The fraction of sp³-hybridized carbons (Fsp3) is 0.400. The standard InChI is InChI=1S/C15H16N2O3/c1-8(2)9-4-3-5-10-11(9)7-17(15(10)20)12-6-13(18)16-14(12)19/h3-5,8,12H,6-7H2,1-2H3,(H,16,18,19). The fourth-order valence-electron chi connectivity index (χ4n) is 2.96. The Morgan fingerprint density at radius 1 is 1.25 bits per heavy atom. The molecule has 0 radical (unpaired) electrons. The number of fused-ring (bicyclic) bond motifs is 1. The normalized spacial score (nSPS) is 21.6. The van der Waals surface area contributed by atoms with Crippen molar-refractivity contribution in [3.63, 3.8) is 0 Å². The lowest BCUT2D eigenvalue weighted by Gasteiger charge is -2.20. The van der Waals surface area contributed by atoms with Crippen LogP contribution in [-0.2, 0) is 16.1 Å². The van der Waals surface area contributed by atoms with Crippen LogP contribution in [0, 0.1) is 0 Å². The summed E-state index contributed by atoms with van der Waals surface area (Å²) in [5.41, 5.74) is 2.77. The third-order valence-electron chi connectivity index (χ3n) is 3.97. The molecule has 2 aliphatic rings. The molecule has 1 N–H and O–H groups in total. The summed E-state index contributed by atoms with van der Waals surface area (Å²) in [5.74, 6) is -0.524. The highest BCUT2D eigenvalue weighted by molar-refractivity contribution is 6.09. The van der Waals surface area contributed by atoms with Crippen LogP contribution in [0.1, 0.15) is 47.7 Å². The zero-order valence-corrected chi connectivity index (χ0v) is 11.5. The Balaban J connectivity index is 1.97. The molecule has 0 saturated carbocycles. The summed E-state index contributed by atoms with van der Waals surface area (Å²) in [6.07, 6.45) is 0.0651. The molecule has 0 spiro atoms. The van der Waals surface area contributed by atoms with Crippen molar-refractivity contribution in [3.8, 4) is 0 Å². The van der Waals surface area contributed by atoms with Crippen molar-refractivity contribution in [1.82, 2.24) is 10.2 Å². The van der Waals surface area contributed by atoms with Gasteiger partial charge in [-0.3, -0.25) is 19.7 Å². The largest absolute Gasteiger partial charge is 0.322 e. The minimum Gasteiger partial charge on any atom is -0.322 e. The summed E-state index contributed by atoms with van der Waals surface area (Å²) < 4.78 is 0. The third kappa shape index (κ3) is 1.81. The van der Waals surface area contributed by atoms with Gasteiger partial charge in [-0.25, -0.2) is 0 Å². The lowest BCUT2D eigenvalue weighted by Crippen LogP contribution is -2.40. The van der Waals surface area contributed by atoms with Crippen molar-refractivity contribution in [2.75, 3.05) is 0 Å². The second-order valence-corrected chi connectivity index (χ2v) is 5.59. The van der Waals surface area contributed by atoms with Crippen molar-refractivity contribution in [2.24, 2.45) is 0 Å². The summed E-state index contributed by atoms with van der Waals surface area (Å²) in [5, 5.41) is 2.26. The molecule has 0 bridgehead atoms. The van der Waals surface area contributed by atoms with Crippen molar-refractivity contribution in [1.29, 1.82) is 0 Å². The molecule has 0 aromatic heterocycles.